The van der Waals surface area contributed by atoms with Crippen LogP contribution in [0.5, 0.6) is 5.75 Å². The highest BCUT2D eigenvalue weighted by Gasteiger charge is 2.19. The summed E-state index contributed by atoms with van der Waals surface area (Å²) < 4.78 is 34.5. The Labute approximate surface area is 182 Å². The predicted octanol–water partition coefficient (Wildman–Crippen LogP) is 5.20. The van der Waals surface area contributed by atoms with Gasteiger partial charge in [0.05, 0.1) is 16.1 Å². The van der Waals surface area contributed by atoms with Crippen LogP contribution in [0.15, 0.2) is 71.6 Å². The third kappa shape index (κ3) is 5.44. The second-order valence-electron chi connectivity index (χ2n) is 7.57. The first-order valence-electron chi connectivity index (χ1n) is 9.85. The maximum absolute atomic E-state index is 12.9. The molecule has 0 aliphatic rings. The summed E-state index contributed by atoms with van der Waals surface area (Å²) in [6.45, 7) is 6.00. The minimum atomic E-state index is -3.79. The Balaban J connectivity index is 1.88. The molecule has 0 aliphatic heterocycles. The number of hydrogen-bond donors (Lipinski definition) is 2. The van der Waals surface area contributed by atoms with Crippen LogP contribution in [0.25, 0.3) is 0 Å². The Hall–Kier alpha value is -3.32. The Bertz CT molecular complexity index is 1180. The van der Waals surface area contributed by atoms with Gasteiger partial charge in [0.25, 0.3) is 10.0 Å². The van der Waals surface area contributed by atoms with E-state index in [2.05, 4.69) is 4.72 Å². The molecule has 7 heteroatoms. The number of sulfonamides is 1. The molecule has 0 aromatic heterocycles. The summed E-state index contributed by atoms with van der Waals surface area (Å²) in [4.78, 5) is 11.2. The van der Waals surface area contributed by atoms with Crippen LogP contribution in [-0.4, -0.2) is 19.5 Å². The normalized spacial score (nSPS) is 11.4. The van der Waals surface area contributed by atoms with E-state index < -0.39 is 16.0 Å². The second kappa shape index (κ2) is 9.22. The maximum Gasteiger partial charge on any atom is 0.335 e. The third-order valence-electron chi connectivity index (χ3n) is 4.89. The predicted molar refractivity (Wildman–Crippen MR) is 120 cm³/mol. The number of anilines is 1. The first-order chi connectivity index (χ1) is 14.7. The summed E-state index contributed by atoms with van der Waals surface area (Å²) in [5.74, 6) is -0.352. The van der Waals surface area contributed by atoms with Gasteiger partial charge in [-0.3, -0.25) is 4.72 Å². The van der Waals surface area contributed by atoms with Crippen LogP contribution in [-0.2, 0) is 16.6 Å². The van der Waals surface area contributed by atoms with Crippen LogP contribution >= 0.6 is 0 Å². The molecule has 0 amide bonds. The third-order valence-corrected chi connectivity index (χ3v) is 6.42. The molecule has 0 heterocycles. The van der Waals surface area contributed by atoms with Gasteiger partial charge < -0.3 is 9.84 Å². The Morgan fingerprint density at radius 3 is 2.32 bits per heavy atom. The SMILES string of the molecule is Cc1ccccc1S(=O)(=O)Nc1ccc(C(C)C)cc1OCc1ccc(C(=O)O)cc1. The van der Waals surface area contributed by atoms with Gasteiger partial charge in [-0.2, -0.15) is 0 Å². The topological polar surface area (TPSA) is 92.7 Å². The van der Waals surface area contributed by atoms with Gasteiger partial charge >= 0.3 is 5.97 Å². The molecule has 0 saturated heterocycles. The lowest BCUT2D eigenvalue weighted by molar-refractivity contribution is 0.0697. The molecular formula is C24H25NO5S. The van der Waals surface area contributed by atoms with Crippen molar-refractivity contribution in [3.8, 4) is 5.75 Å². The summed E-state index contributed by atoms with van der Waals surface area (Å²) in [6, 6.07) is 18.5. The van der Waals surface area contributed by atoms with E-state index in [1.165, 1.54) is 12.1 Å². The minimum absolute atomic E-state index is 0.167. The van der Waals surface area contributed by atoms with Crippen LogP contribution in [0.3, 0.4) is 0 Å². The molecule has 0 spiro atoms. The molecule has 162 valence electrons. The second-order valence-corrected chi connectivity index (χ2v) is 9.22. The molecule has 0 unspecified atom stereocenters. The molecule has 0 radical (unpaired) electrons. The largest absolute Gasteiger partial charge is 0.487 e. The fourth-order valence-electron chi connectivity index (χ4n) is 3.06. The van der Waals surface area contributed by atoms with Gasteiger partial charge in [0, 0.05) is 0 Å². The number of carboxylic acids is 1. The van der Waals surface area contributed by atoms with Gasteiger partial charge in [-0.15, -0.1) is 0 Å². The van der Waals surface area contributed by atoms with E-state index in [0.29, 0.717) is 17.0 Å². The summed E-state index contributed by atoms with van der Waals surface area (Å²) in [6.07, 6.45) is 0. The number of nitrogens with one attached hydrogen (secondary N) is 1. The molecule has 3 aromatic carbocycles. The van der Waals surface area contributed by atoms with Crippen molar-refractivity contribution in [2.75, 3.05) is 4.72 Å². The van der Waals surface area contributed by atoms with Gasteiger partial charge in [0.15, 0.2) is 0 Å². The van der Waals surface area contributed by atoms with E-state index in [9.17, 15) is 13.2 Å². The van der Waals surface area contributed by atoms with Crippen molar-refractivity contribution in [1.82, 2.24) is 0 Å². The highest BCUT2D eigenvalue weighted by atomic mass is 32.2. The van der Waals surface area contributed by atoms with Gasteiger partial charge in [-0.25, -0.2) is 13.2 Å². The zero-order valence-corrected chi connectivity index (χ0v) is 18.4. The molecule has 3 aromatic rings. The van der Waals surface area contributed by atoms with Crippen molar-refractivity contribution < 1.29 is 23.1 Å². The number of rotatable bonds is 8. The molecule has 0 saturated carbocycles. The van der Waals surface area contributed by atoms with Gasteiger partial charge in [-0.1, -0.05) is 50.2 Å². The Kier molecular flexibility index (Phi) is 6.65. The lowest BCUT2D eigenvalue weighted by Crippen LogP contribution is -2.15. The summed E-state index contributed by atoms with van der Waals surface area (Å²) in [5, 5.41) is 9.03. The van der Waals surface area contributed by atoms with E-state index in [4.69, 9.17) is 9.84 Å². The van der Waals surface area contributed by atoms with Gasteiger partial charge in [-0.05, 0) is 59.9 Å². The average molecular weight is 440 g/mol. The highest BCUT2D eigenvalue weighted by molar-refractivity contribution is 7.92. The monoisotopic (exact) mass is 439 g/mol. The molecule has 3 rings (SSSR count). The lowest BCUT2D eigenvalue weighted by atomic mass is 10.0. The highest BCUT2D eigenvalue weighted by Crippen LogP contribution is 2.32. The van der Waals surface area contributed by atoms with Crippen molar-refractivity contribution in [2.45, 2.75) is 38.2 Å². The number of carbonyl (C=O) groups is 1. The van der Waals surface area contributed by atoms with Gasteiger partial charge in [0.1, 0.15) is 12.4 Å². The van der Waals surface area contributed by atoms with Crippen molar-refractivity contribution in [2.24, 2.45) is 0 Å². The molecule has 6 nitrogen and oxygen atoms in total. The smallest absolute Gasteiger partial charge is 0.335 e. The van der Waals surface area contributed by atoms with Crippen molar-refractivity contribution in [1.29, 1.82) is 0 Å². The standard InChI is InChI=1S/C24H25NO5S/c1-16(2)20-12-13-21(25-31(28,29)23-7-5-4-6-17(23)3)22(14-20)30-15-18-8-10-19(11-9-18)24(26)27/h4-14,16,25H,15H2,1-3H3,(H,26,27). The zero-order valence-electron chi connectivity index (χ0n) is 17.6. The molecular weight excluding hydrogens is 414 g/mol. The van der Waals surface area contributed by atoms with E-state index >= 15 is 0 Å². The van der Waals surface area contributed by atoms with E-state index in [1.54, 1.807) is 49.4 Å². The fourth-order valence-corrected chi connectivity index (χ4v) is 4.38. The Morgan fingerprint density at radius 1 is 1.03 bits per heavy atom. The van der Waals surface area contributed by atoms with Crippen molar-refractivity contribution >= 4 is 21.7 Å². The number of benzene rings is 3. The van der Waals surface area contributed by atoms with Crippen molar-refractivity contribution in [3.63, 3.8) is 0 Å². The molecule has 31 heavy (non-hydrogen) atoms. The fraction of sp³-hybridized carbons (Fsp3) is 0.208. The maximum atomic E-state index is 12.9. The molecule has 0 atom stereocenters. The zero-order chi connectivity index (χ0) is 22.6. The number of aromatic carboxylic acids is 1. The number of carboxylic acid groups (broad SMARTS) is 1. The first kappa shape index (κ1) is 22.4. The quantitative estimate of drug-likeness (QED) is 0.503. The van der Waals surface area contributed by atoms with E-state index in [-0.39, 0.29) is 23.0 Å². The lowest BCUT2D eigenvalue weighted by Gasteiger charge is -2.17. The molecule has 0 bridgehead atoms. The Morgan fingerprint density at radius 2 is 1.71 bits per heavy atom. The van der Waals surface area contributed by atoms with Crippen LogP contribution in [0.4, 0.5) is 5.69 Å². The van der Waals surface area contributed by atoms with Crippen LogP contribution < -0.4 is 9.46 Å². The van der Waals surface area contributed by atoms with Crippen LogP contribution in [0.2, 0.25) is 0 Å². The first-order valence-corrected chi connectivity index (χ1v) is 11.3. The van der Waals surface area contributed by atoms with Gasteiger partial charge in [0.2, 0.25) is 0 Å². The molecule has 0 fully saturated rings. The van der Waals surface area contributed by atoms with E-state index in [1.807, 2.05) is 26.0 Å². The average Bonchev–Trinajstić information content (AvgIpc) is 2.73. The van der Waals surface area contributed by atoms with Crippen LogP contribution in [0, 0.1) is 6.92 Å². The van der Waals surface area contributed by atoms with E-state index in [0.717, 1.165) is 11.1 Å². The molecule has 0 aliphatic carbocycles. The minimum Gasteiger partial charge on any atom is -0.487 e. The number of ether oxygens (including phenoxy) is 1. The van der Waals surface area contributed by atoms with Crippen molar-refractivity contribution in [3.05, 3.63) is 89.0 Å². The van der Waals surface area contributed by atoms with Crippen LogP contribution in [0.1, 0.15) is 46.8 Å². The summed E-state index contributed by atoms with van der Waals surface area (Å²) >= 11 is 0. The number of aryl methyl sites for hydroxylation is 1. The summed E-state index contributed by atoms with van der Waals surface area (Å²) in [5.41, 5.74) is 2.96. The molecule has 2 N–H and O–H groups in total. The summed E-state index contributed by atoms with van der Waals surface area (Å²) in [7, 11) is -3.79. The number of hydrogen-bond acceptors (Lipinski definition) is 4.